The van der Waals surface area contributed by atoms with Gasteiger partial charge < -0.3 is 10.7 Å². The molecule has 0 unspecified atom stereocenters. The van der Waals surface area contributed by atoms with Crippen LogP contribution < -0.4 is 5.73 Å². The maximum atomic E-state index is 5.91. The highest BCUT2D eigenvalue weighted by molar-refractivity contribution is 5.70. The predicted molar refractivity (Wildman–Crippen MR) is 62.9 cm³/mol. The molecule has 0 atom stereocenters. The molecule has 1 aliphatic rings. The van der Waals surface area contributed by atoms with Gasteiger partial charge in [0.2, 0.25) is 0 Å². The largest absolute Gasteiger partial charge is 0.398 e. The van der Waals surface area contributed by atoms with Gasteiger partial charge in [-0.15, -0.1) is 0 Å². The highest BCUT2D eigenvalue weighted by Crippen LogP contribution is 2.26. The molecule has 0 spiro atoms. The predicted octanol–water partition coefficient (Wildman–Crippen LogP) is 1.93. The molecule has 2 aromatic rings. The van der Waals surface area contributed by atoms with Gasteiger partial charge in [0.05, 0.1) is 11.3 Å². The Hall–Kier alpha value is -1.84. The maximum Gasteiger partial charge on any atom is 0.141 e. The van der Waals surface area contributed by atoms with Crippen LogP contribution in [0.3, 0.4) is 0 Å². The summed E-state index contributed by atoms with van der Waals surface area (Å²) in [4.78, 5) is 12.1. The van der Waals surface area contributed by atoms with Crippen LogP contribution in [-0.2, 0) is 12.8 Å². The first-order chi connectivity index (χ1) is 7.84. The van der Waals surface area contributed by atoms with Crippen LogP contribution >= 0.6 is 0 Å². The first-order valence-corrected chi connectivity index (χ1v) is 5.62. The fourth-order valence-corrected chi connectivity index (χ4v) is 2.18. The van der Waals surface area contributed by atoms with E-state index < -0.39 is 0 Å². The Labute approximate surface area is 93.9 Å². The Balaban J connectivity index is 2.07. The van der Waals surface area contributed by atoms with E-state index in [0.29, 0.717) is 0 Å². The second kappa shape index (κ2) is 3.63. The number of aryl methyl sites for hydroxylation is 2. The Morgan fingerprint density at radius 3 is 2.94 bits per heavy atom. The molecule has 0 saturated heterocycles. The van der Waals surface area contributed by atoms with E-state index in [4.69, 9.17) is 5.73 Å². The van der Waals surface area contributed by atoms with Crippen molar-refractivity contribution < 1.29 is 0 Å². The first-order valence-electron chi connectivity index (χ1n) is 5.62. The monoisotopic (exact) mass is 214 g/mol. The third-order valence-electron chi connectivity index (χ3n) is 3.06. The van der Waals surface area contributed by atoms with Crippen molar-refractivity contribution in [2.24, 2.45) is 0 Å². The van der Waals surface area contributed by atoms with Crippen molar-refractivity contribution in [2.45, 2.75) is 25.7 Å². The summed E-state index contributed by atoms with van der Waals surface area (Å²) in [5.74, 6) is 0.859. The van der Waals surface area contributed by atoms with Gasteiger partial charge in [-0.2, -0.15) is 0 Å². The summed E-state index contributed by atoms with van der Waals surface area (Å²) in [6.45, 7) is 0. The van der Waals surface area contributed by atoms with Crippen LogP contribution in [0.5, 0.6) is 0 Å². The van der Waals surface area contributed by atoms with E-state index in [1.165, 1.54) is 24.2 Å². The van der Waals surface area contributed by atoms with Gasteiger partial charge in [-0.1, -0.05) is 0 Å². The van der Waals surface area contributed by atoms with Crippen LogP contribution in [0.15, 0.2) is 18.5 Å². The quantitative estimate of drug-likeness (QED) is 0.762. The van der Waals surface area contributed by atoms with E-state index in [1.807, 2.05) is 0 Å². The molecule has 2 aromatic heterocycles. The van der Waals surface area contributed by atoms with E-state index >= 15 is 0 Å². The molecule has 82 valence electrons. The van der Waals surface area contributed by atoms with Gasteiger partial charge in [-0.3, -0.25) is 4.98 Å². The van der Waals surface area contributed by atoms with Gasteiger partial charge in [-0.05, 0) is 31.7 Å². The standard InChI is InChI=1S/C12H14N4/c13-9-5-6-14-7-8(9)12-15-10-3-1-2-4-11(10)16-12/h5-7H,1-4H2,(H2,13,14)(H,15,16). The molecule has 0 aliphatic heterocycles. The normalized spacial score (nSPS) is 14.8. The minimum Gasteiger partial charge on any atom is -0.398 e. The van der Waals surface area contributed by atoms with Crippen molar-refractivity contribution >= 4 is 5.69 Å². The number of nitrogens with one attached hydrogen (secondary N) is 1. The number of aromatic amines is 1. The number of fused-ring (bicyclic) bond motifs is 1. The molecule has 0 saturated carbocycles. The molecule has 4 heteroatoms. The number of H-pyrrole nitrogens is 1. The highest BCUT2D eigenvalue weighted by atomic mass is 14.9. The fourth-order valence-electron chi connectivity index (χ4n) is 2.18. The number of nitrogens with zero attached hydrogens (tertiary/aromatic N) is 2. The third-order valence-corrected chi connectivity index (χ3v) is 3.06. The number of hydrogen-bond acceptors (Lipinski definition) is 3. The zero-order chi connectivity index (χ0) is 11.0. The Morgan fingerprint density at radius 1 is 1.25 bits per heavy atom. The number of nitrogen functional groups attached to an aromatic ring is 1. The van der Waals surface area contributed by atoms with Gasteiger partial charge >= 0.3 is 0 Å². The lowest BCUT2D eigenvalue weighted by atomic mass is 10.0. The number of nitrogens with two attached hydrogens (primary N) is 1. The molecule has 0 bridgehead atoms. The molecule has 0 aromatic carbocycles. The lowest BCUT2D eigenvalue weighted by Crippen LogP contribution is -2.00. The zero-order valence-corrected chi connectivity index (χ0v) is 9.03. The molecular weight excluding hydrogens is 200 g/mol. The molecule has 1 aliphatic carbocycles. The minimum absolute atomic E-state index is 0.723. The lowest BCUT2D eigenvalue weighted by molar-refractivity contribution is 0.667. The number of anilines is 1. The summed E-state index contributed by atoms with van der Waals surface area (Å²) >= 11 is 0. The summed E-state index contributed by atoms with van der Waals surface area (Å²) < 4.78 is 0. The van der Waals surface area contributed by atoms with Gasteiger partial charge in [0.1, 0.15) is 5.82 Å². The van der Waals surface area contributed by atoms with E-state index in [9.17, 15) is 0 Å². The Morgan fingerprint density at radius 2 is 2.12 bits per heavy atom. The van der Waals surface area contributed by atoms with Crippen molar-refractivity contribution in [3.8, 4) is 11.4 Å². The minimum atomic E-state index is 0.723. The molecule has 3 rings (SSSR count). The summed E-state index contributed by atoms with van der Waals surface area (Å²) in [5, 5.41) is 0. The van der Waals surface area contributed by atoms with Crippen LogP contribution in [0.1, 0.15) is 24.2 Å². The van der Waals surface area contributed by atoms with Gasteiger partial charge in [0, 0.05) is 23.8 Å². The van der Waals surface area contributed by atoms with Crippen LogP contribution in [0.2, 0.25) is 0 Å². The van der Waals surface area contributed by atoms with Crippen molar-refractivity contribution in [1.29, 1.82) is 0 Å². The number of imidazole rings is 1. The number of aromatic nitrogens is 3. The molecule has 4 nitrogen and oxygen atoms in total. The van der Waals surface area contributed by atoms with Gasteiger partial charge in [-0.25, -0.2) is 4.98 Å². The topological polar surface area (TPSA) is 67.6 Å². The fraction of sp³-hybridized carbons (Fsp3) is 0.333. The molecular formula is C12H14N4. The molecule has 3 N–H and O–H groups in total. The maximum absolute atomic E-state index is 5.91. The van der Waals surface area contributed by atoms with E-state index in [-0.39, 0.29) is 0 Å². The lowest BCUT2D eigenvalue weighted by Gasteiger charge is -2.07. The number of rotatable bonds is 1. The number of hydrogen-bond donors (Lipinski definition) is 2. The first kappa shape index (κ1) is 9.39. The van der Waals surface area contributed by atoms with Crippen LogP contribution in [0, 0.1) is 0 Å². The molecule has 0 amide bonds. The zero-order valence-electron chi connectivity index (χ0n) is 9.03. The summed E-state index contributed by atoms with van der Waals surface area (Å²) in [5.41, 5.74) is 10.0. The van der Waals surface area contributed by atoms with E-state index in [1.54, 1.807) is 18.5 Å². The number of pyridine rings is 1. The SMILES string of the molecule is Nc1ccncc1-c1nc2c([nH]1)CCCC2. The Bertz CT molecular complexity index is 492. The Kier molecular flexibility index (Phi) is 2.13. The highest BCUT2D eigenvalue weighted by Gasteiger charge is 2.16. The second-order valence-electron chi connectivity index (χ2n) is 4.18. The smallest absolute Gasteiger partial charge is 0.141 e. The van der Waals surface area contributed by atoms with Gasteiger partial charge in [0.15, 0.2) is 0 Å². The van der Waals surface area contributed by atoms with Crippen molar-refractivity contribution in [2.75, 3.05) is 5.73 Å². The third kappa shape index (κ3) is 1.46. The van der Waals surface area contributed by atoms with Crippen LogP contribution in [0.25, 0.3) is 11.4 Å². The molecule has 0 fully saturated rings. The second-order valence-corrected chi connectivity index (χ2v) is 4.18. The van der Waals surface area contributed by atoms with Crippen LogP contribution in [0.4, 0.5) is 5.69 Å². The average molecular weight is 214 g/mol. The van der Waals surface area contributed by atoms with E-state index in [0.717, 1.165) is 29.9 Å². The van der Waals surface area contributed by atoms with E-state index in [2.05, 4.69) is 15.0 Å². The average Bonchev–Trinajstić information content (AvgIpc) is 2.73. The summed E-state index contributed by atoms with van der Waals surface area (Å²) in [7, 11) is 0. The summed E-state index contributed by atoms with van der Waals surface area (Å²) in [6.07, 6.45) is 8.12. The molecule has 0 radical (unpaired) electrons. The van der Waals surface area contributed by atoms with Crippen LogP contribution in [-0.4, -0.2) is 15.0 Å². The van der Waals surface area contributed by atoms with Crippen molar-refractivity contribution in [1.82, 2.24) is 15.0 Å². The van der Waals surface area contributed by atoms with Crippen molar-refractivity contribution in [3.05, 3.63) is 29.8 Å². The van der Waals surface area contributed by atoms with Crippen molar-refractivity contribution in [3.63, 3.8) is 0 Å². The molecule has 2 heterocycles. The molecule has 16 heavy (non-hydrogen) atoms. The summed E-state index contributed by atoms with van der Waals surface area (Å²) in [6, 6.07) is 1.80. The van der Waals surface area contributed by atoms with Gasteiger partial charge in [0.25, 0.3) is 0 Å².